The molecule has 0 bridgehead atoms. The van der Waals surface area contributed by atoms with Crippen molar-refractivity contribution in [1.29, 1.82) is 5.26 Å². The molecule has 1 aliphatic rings. The van der Waals surface area contributed by atoms with Crippen molar-refractivity contribution in [3.05, 3.63) is 59.9 Å². The number of hydrogen-bond acceptors (Lipinski definition) is 5. The average molecular weight is 355 g/mol. The highest BCUT2D eigenvalue weighted by Crippen LogP contribution is 2.26. The number of fused-ring (bicyclic) bond motifs is 2. The van der Waals surface area contributed by atoms with Crippen LogP contribution in [-0.2, 0) is 20.1 Å². The molecule has 0 spiro atoms. The third-order valence-electron chi connectivity index (χ3n) is 4.99. The lowest BCUT2D eigenvalue weighted by Crippen LogP contribution is -2.34. The lowest BCUT2D eigenvalue weighted by molar-refractivity contribution is 0.517. The molecule has 0 atom stereocenters. The lowest BCUT2D eigenvalue weighted by atomic mass is 10.2. The summed E-state index contributed by atoms with van der Waals surface area (Å²) in [6.45, 7) is 2.29. The van der Waals surface area contributed by atoms with Crippen molar-refractivity contribution >= 4 is 16.9 Å². The van der Waals surface area contributed by atoms with Crippen LogP contribution in [0.2, 0.25) is 0 Å². The number of aryl methyl sites for hydroxylation is 1. The molecule has 0 unspecified atom stereocenters. The largest absolute Gasteiger partial charge is 0.349 e. The number of aromatic nitrogens is 5. The summed E-state index contributed by atoms with van der Waals surface area (Å²) in [6, 6.07) is 17.8. The summed E-state index contributed by atoms with van der Waals surface area (Å²) in [5.74, 6) is 1.69. The van der Waals surface area contributed by atoms with Crippen molar-refractivity contribution < 1.29 is 0 Å². The Kier molecular flexibility index (Phi) is 3.44. The first-order chi connectivity index (χ1) is 13.2. The molecule has 27 heavy (non-hydrogen) atoms. The highest BCUT2D eigenvalue weighted by molar-refractivity contribution is 5.79. The maximum absolute atomic E-state index is 9.08. The number of benzene rings is 1. The van der Waals surface area contributed by atoms with Gasteiger partial charge in [-0.05, 0) is 30.3 Å². The molecule has 0 saturated heterocycles. The van der Waals surface area contributed by atoms with Crippen molar-refractivity contribution in [3.63, 3.8) is 0 Å². The standard InChI is InChI=1S/C20H17N7/c1-25-18-7-3-2-6-16(18)23-20(25)17-11-15-13-26(9-10-27(15)24-17)19-8-4-5-14(12-21)22-19/h2-8,11H,9-10,13H2,1H3. The van der Waals surface area contributed by atoms with E-state index in [0.29, 0.717) is 12.2 Å². The summed E-state index contributed by atoms with van der Waals surface area (Å²) in [6.07, 6.45) is 0. The molecule has 7 nitrogen and oxygen atoms in total. The van der Waals surface area contributed by atoms with Crippen molar-refractivity contribution in [2.24, 2.45) is 7.05 Å². The van der Waals surface area contributed by atoms with Crippen LogP contribution in [0.1, 0.15) is 11.4 Å². The molecule has 1 aliphatic heterocycles. The quantitative estimate of drug-likeness (QED) is 0.553. The predicted molar refractivity (Wildman–Crippen MR) is 102 cm³/mol. The van der Waals surface area contributed by atoms with E-state index in [2.05, 4.69) is 32.7 Å². The Morgan fingerprint density at radius 2 is 1.93 bits per heavy atom. The van der Waals surface area contributed by atoms with Crippen LogP contribution in [0, 0.1) is 11.3 Å². The van der Waals surface area contributed by atoms with Crippen molar-refractivity contribution in [2.75, 3.05) is 11.4 Å². The van der Waals surface area contributed by atoms with Gasteiger partial charge in [0, 0.05) is 13.6 Å². The Hall–Kier alpha value is -3.66. The molecule has 0 amide bonds. The van der Waals surface area contributed by atoms with Gasteiger partial charge < -0.3 is 9.47 Å². The van der Waals surface area contributed by atoms with Crippen LogP contribution in [0.4, 0.5) is 5.82 Å². The third-order valence-corrected chi connectivity index (χ3v) is 4.99. The average Bonchev–Trinajstić information content (AvgIpc) is 3.28. The zero-order valence-corrected chi connectivity index (χ0v) is 14.9. The van der Waals surface area contributed by atoms with E-state index in [1.54, 1.807) is 6.07 Å². The van der Waals surface area contributed by atoms with E-state index in [-0.39, 0.29) is 0 Å². The van der Waals surface area contributed by atoms with E-state index < -0.39 is 0 Å². The van der Waals surface area contributed by atoms with E-state index in [1.165, 1.54) is 0 Å². The van der Waals surface area contributed by atoms with Gasteiger partial charge >= 0.3 is 0 Å². The second-order valence-electron chi connectivity index (χ2n) is 6.64. The van der Waals surface area contributed by atoms with E-state index in [1.807, 2.05) is 42.1 Å². The number of nitrogens with zero attached hydrogens (tertiary/aromatic N) is 7. The maximum atomic E-state index is 9.08. The molecule has 132 valence electrons. The van der Waals surface area contributed by atoms with Gasteiger partial charge in [0.2, 0.25) is 0 Å². The number of pyridine rings is 1. The number of anilines is 1. The third kappa shape index (κ3) is 2.54. The fourth-order valence-corrected chi connectivity index (χ4v) is 3.61. The first-order valence-corrected chi connectivity index (χ1v) is 8.83. The Morgan fingerprint density at radius 1 is 1.04 bits per heavy atom. The molecule has 0 aliphatic carbocycles. The normalized spacial score (nSPS) is 13.6. The molecule has 0 saturated carbocycles. The monoisotopic (exact) mass is 355 g/mol. The fourth-order valence-electron chi connectivity index (χ4n) is 3.61. The van der Waals surface area contributed by atoms with Gasteiger partial charge in [0.1, 0.15) is 23.3 Å². The van der Waals surface area contributed by atoms with Crippen molar-refractivity contribution in [3.8, 4) is 17.6 Å². The molecule has 1 aromatic carbocycles. The summed E-state index contributed by atoms with van der Waals surface area (Å²) in [5, 5.41) is 13.9. The Morgan fingerprint density at radius 3 is 2.78 bits per heavy atom. The number of para-hydroxylation sites is 2. The summed E-state index contributed by atoms with van der Waals surface area (Å²) < 4.78 is 4.12. The molecular formula is C20H17N7. The van der Waals surface area contributed by atoms with Gasteiger partial charge in [-0.1, -0.05) is 18.2 Å². The minimum atomic E-state index is 0.437. The summed E-state index contributed by atoms with van der Waals surface area (Å²) in [4.78, 5) is 11.3. The Labute approximate surface area is 156 Å². The first-order valence-electron chi connectivity index (χ1n) is 8.83. The zero-order valence-electron chi connectivity index (χ0n) is 14.9. The SMILES string of the molecule is Cn1c(-c2cc3n(n2)CCN(c2cccc(C#N)n2)C3)nc2ccccc21. The van der Waals surface area contributed by atoms with Gasteiger partial charge in [-0.3, -0.25) is 4.68 Å². The van der Waals surface area contributed by atoms with Gasteiger partial charge in [0.25, 0.3) is 0 Å². The molecule has 0 fully saturated rings. The second kappa shape index (κ2) is 5.95. The smallest absolute Gasteiger partial charge is 0.161 e. The van der Waals surface area contributed by atoms with Gasteiger partial charge in [0.05, 0.1) is 29.8 Å². The van der Waals surface area contributed by atoms with Crippen LogP contribution in [0.5, 0.6) is 0 Å². The van der Waals surface area contributed by atoms with E-state index >= 15 is 0 Å². The Bertz CT molecular complexity index is 1190. The van der Waals surface area contributed by atoms with Crippen molar-refractivity contribution in [1.82, 2.24) is 24.3 Å². The van der Waals surface area contributed by atoms with Crippen LogP contribution in [0.3, 0.4) is 0 Å². The van der Waals surface area contributed by atoms with E-state index in [0.717, 1.165) is 47.2 Å². The molecule has 3 aromatic heterocycles. The second-order valence-corrected chi connectivity index (χ2v) is 6.64. The van der Waals surface area contributed by atoms with Gasteiger partial charge in [-0.15, -0.1) is 0 Å². The summed E-state index contributed by atoms with van der Waals surface area (Å²) in [5.41, 5.74) is 4.50. The van der Waals surface area contributed by atoms with Gasteiger partial charge in [0.15, 0.2) is 5.82 Å². The first kappa shape index (κ1) is 15.6. The number of hydrogen-bond donors (Lipinski definition) is 0. The van der Waals surface area contributed by atoms with Crippen molar-refractivity contribution in [2.45, 2.75) is 13.1 Å². The molecule has 0 N–H and O–H groups in total. The number of rotatable bonds is 2. The van der Waals surface area contributed by atoms with Crippen LogP contribution < -0.4 is 4.90 Å². The van der Waals surface area contributed by atoms with Gasteiger partial charge in [-0.25, -0.2) is 9.97 Å². The fraction of sp³-hybridized carbons (Fsp3) is 0.200. The minimum absolute atomic E-state index is 0.437. The highest BCUT2D eigenvalue weighted by atomic mass is 15.4. The summed E-state index contributed by atoms with van der Waals surface area (Å²) >= 11 is 0. The maximum Gasteiger partial charge on any atom is 0.161 e. The molecule has 7 heteroatoms. The molecule has 5 rings (SSSR count). The zero-order chi connectivity index (χ0) is 18.4. The molecule has 4 aromatic rings. The summed E-state index contributed by atoms with van der Waals surface area (Å²) in [7, 11) is 2.02. The van der Waals surface area contributed by atoms with E-state index in [9.17, 15) is 0 Å². The number of nitriles is 1. The van der Waals surface area contributed by atoms with Gasteiger partial charge in [-0.2, -0.15) is 10.4 Å². The van der Waals surface area contributed by atoms with Crippen LogP contribution in [0.15, 0.2) is 48.5 Å². The molecular weight excluding hydrogens is 338 g/mol. The lowest BCUT2D eigenvalue weighted by Gasteiger charge is -2.28. The van der Waals surface area contributed by atoms with E-state index in [4.69, 9.17) is 15.3 Å². The number of imidazole rings is 1. The van der Waals surface area contributed by atoms with Crippen LogP contribution >= 0.6 is 0 Å². The topological polar surface area (TPSA) is 75.6 Å². The van der Waals surface area contributed by atoms with Crippen LogP contribution in [-0.4, -0.2) is 30.9 Å². The molecule has 4 heterocycles. The minimum Gasteiger partial charge on any atom is -0.349 e. The molecule has 0 radical (unpaired) electrons. The predicted octanol–water partition coefficient (Wildman–Crippen LogP) is 2.72. The highest BCUT2D eigenvalue weighted by Gasteiger charge is 2.22. The van der Waals surface area contributed by atoms with Crippen LogP contribution in [0.25, 0.3) is 22.6 Å². The Balaban J connectivity index is 1.49.